The molecule has 2 aromatic rings. The van der Waals surface area contributed by atoms with Crippen LogP contribution in [-0.2, 0) is 29.0 Å². The quantitative estimate of drug-likeness (QED) is 0.619. The monoisotopic (exact) mass is 497 g/mol. The zero-order valence-corrected chi connectivity index (χ0v) is 20.2. The Morgan fingerprint density at radius 1 is 1.12 bits per heavy atom. The van der Waals surface area contributed by atoms with E-state index >= 15 is 0 Å². The molecule has 1 fully saturated rings. The molecule has 186 valence electrons. The molecule has 0 unspecified atom stereocenters. The Labute approximate surface area is 198 Å². The number of sulfonamides is 1. The number of fused-ring (bicyclic) bond motifs is 1. The Morgan fingerprint density at radius 3 is 2.53 bits per heavy atom. The average Bonchev–Trinajstić information content (AvgIpc) is 2.78. The van der Waals surface area contributed by atoms with Crippen LogP contribution in [0.1, 0.15) is 49.3 Å². The molecular formula is C23H30F3N5O2S. The molecule has 4 rings (SSSR count). The minimum absolute atomic E-state index is 0.147. The second-order valence-corrected chi connectivity index (χ2v) is 10.8. The first-order valence-electron chi connectivity index (χ1n) is 11.6. The molecule has 2 heterocycles. The molecule has 0 saturated carbocycles. The minimum atomic E-state index is -4.60. The first-order chi connectivity index (χ1) is 16.0. The van der Waals surface area contributed by atoms with Crippen LogP contribution in [0.2, 0.25) is 0 Å². The first-order valence-corrected chi connectivity index (χ1v) is 13.5. The van der Waals surface area contributed by atoms with Gasteiger partial charge in [-0.3, -0.25) is 4.72 Å². The number of hydrogen-bond donors (Lipinski definition) is 2. The number of piperidine rings is 1. The summed E-state index contributed by atoms with van der Waals surface area (Å²) < 4.78 is 66.0. The summed E-state index contributed by atoms with van der Waals surface area (Å²) in [5.74, 6) is 0.728. The van der Waals surface area contributed by atoms with Crippen molar-refractivity contribution in [3.8, 4) is 11.3 Å². The second kappa shape index (κ2) is 9.69. The summed E-state index contributed by atoms with van der Waals surface area (Å²) >= 11 is 0. The number of halogens is 3. The Balaban J connectivity index is 1.75. The number of alkyl halides is 3. The molecule has 7 nitrogen and oxygen atoms in total. The van der Waals surface area contributed by atoms with Gasteiger partial charge in [0, 0.05) is 23.7 Å². The van der Waals surface area contributed by atoms with Gasteiger partial charge in [0.15, 0.2) is 5.82 Å². The van der Waals surface area contributed by atoms with E-state index in [4.69, 9.17) is 0 Å². The number of nitrogens with one attached hydrogen (secondary N) is 2. The van der Waals surface area contributed by atoms with E-state index in [0.717, 1.165) is 87.1 Å². The highest BCUT2D eigenvalue weighted by atomic mass is 32.2. The summed E-state index contributed by atoms with van der Waals surface area (Å²) in [5, 5.41) is 12.4. The van der Waals surface area contributed by atoms with Crippen molar-refractivity contribution in [3.63, 3.8) is 0 Å². The third-order valence-corrected chi connectivity index (χ3v) is 7.07. The van der Waals surface area contributed by atoms with Crippen molar-refractivity contribution in [1.29, 1.82) is 0 Å². The van der Waals surface area contributed by atoms with E-state index in [-0.39, 0.29) is 11.7 Å². The van der Waals surface area contributed by atoms with E-state index in [2.05, 4.69) is 32.1 Å². The Hall–Kier alpha value is -2.40. The van der Waals surface area contributed by atoms with Crippen molar-refractivity contribution in [2.24, 2.45) is 0 Å². The summed E-state index contributed by atoms with van der Waals surface area (Å²) in [6.07, 6.45) is 1.86. The maximum Gasteiger partial charge on any atom is 0.416 e. The number of anilines is 2. The first kappa shape index (κ1) is 24.7. The van der Waals surface area contributed by atoms with E-state index in [1.165, 1.54) is 6.07 Å². The summed E-state index contributed by atoms with van der Waals surface area (Å²) in [7, 11) is -3.81. The fourth-order valence-corrected chi connectivity index (χ4v) is 5.41. The van der Waals surface area contributed by atoms with E-state index in [0.29, 0.717) is 17.7 Å². The number of rotatable bonds is 6. The molecule has 34 heavy (non-hydrogen) atoms. The molecule has 0 amide bonds. The Kier molecular flexibility index (Phi) is 7.04. The molecule has 11 heteroatoms. The normalized spacial score (nSPS) is 19.5. The van der Waals surface area contributed by atoms with Crippen LogP contribution in [0.3, 0.4) is 0 Å². The molecule has 0 bridgehead atoms. The van der Waals surface area contributed by atoms with Crippen LogP contribution in [0.5, 0.6) is 0 Å². The fraction of sp³-hybridized carbons (Fsp3) is 0.565. The third kappa shape index (κ3) is 5.63. The molecule has 1 atom stereocenters. The predicted octanol–water partition coefficient (Wildman–Crippen LogP) is 4.31. The second-order valence-electron chi connectivity index (χ2n) is 9.07. The largest absolute Gasteiger partial charge is 0.416 e. The van der Waals surface area contributed by atoms with Crippen molar-refractivity contribution in [2.75, 3.05) is 35.9 Å². The molecule has 1 saturated heterocycles. The van der Waals surface area contributed by atoms with E-state index in [1.54, 1.807) is 0 Å². The van der Waals surface area contributed by atoms with Gasteiger partial charge >= 0.3 is 6.18 Å². The third-order valence-electron chi connectivity index (χ3n) is 6.48. The lowest BCUT2D eigenvalue weighted by atomic mass is 9.88. The maximum atomic E-state index is 13.3. The molecule has 2 N–H and O–H groups in total. The Morgan fingerprint density at radius 2 is 1.85 bits per heavy atom. The molecule has 0 radical (unpaired) electrons. The van der Waals surface area contributed by atoms with Crippen LogP contribution in [0, 0.1) is 0 Å². The lowest BCUT2D eigenvalue weighted by Crippen LogP contribution is -2.42. The van der Waals surface area contributed by atoms with Crippen molar-refractivity contribution >= 4 is 21.5 Å². The summed E-state index contributed by atoms with van der Waals surface area (Å²) in [6.45, 7) is 5.15. The van der Waals surface area contributed by atoms with Crippen LogP contribution in [0.4, 0.5) is 24.7 Å². The van der Waals surface area contributed by atoms with Gasteiger partial charge in [0.05, 0.1) is 23.2 Å². The van der Waals surface area contributed by atoms with Gasteiger partial charge in [-0.05, 0) is 69.3 Å². The number of likely N-dealkylation sites (N-methyl/N-ethyl adjacent to an activating group) is 1. The summed E-state index contributed by atoms with van der Waals surface area (Å²) in [6, 6.07) is 3.31. The number of aromatic nitrogens is 2. The van der Waals surface area contributed by atoms with Crippen LogP contribution in [-0.4, -0.2) is 55.4 Å². The van der Waals surface area contributed by atoms with E-state index in [1.807, 2.05) is 0 Å². The van der Waals surface area contributed by atoms with Crippen molar-refractivity contribution in [1.82, 2.24) is 15.1 Å². The van der Waals surface area contributed by atoms with Gasteiger partial charge in [-0.25, -0.2) is 8.42 Å². The van der Waals surface area contributed by atoms with Crippen LogP contribution in [0.15, 0.2) is 18.2 Å². The Bertz CT molecular complexity index is 1150. The van der Waals surface area contributed by atoms with Gasteiger partial charge in [0.1, 0.15) is 0 Å². The molecule has 1 aliphatic heterocycles. The van der Waals surface area contributed by atoms with E-state index in [9.17, 15) is 21.6 Å². The number of benzene rings is 1. The van der Waals surface area contributed by atoms with E-state index < -0.39 is 21.8 Å². The highest BCUT2D eigenvalue weighted by molar-refractivity contribution is 7.92. The van der Waals surface area contributed by atoms with Crippen LogP contribution in [0.25, 0.3) is 11.3 Å². The highest BCUT2D eigenvalue weighted by Crippen LogP contribution is 2.39. The number of nitrogens with zero attached hydrogens (tertiary/aromatic N) is 3. The van der Waals surface area contributed by atoms with Crippen LogP contribution >= 0.6 is 0 Å². The minimum Gasteiger partial charge on any atom is -0.364 e. The zero-order valence-electron chi connectivity index (χ0n) is 19.4. The van der Waals surface area contributed by atoms with Crippen molar-refractivity contribution < 1.29 is 21.6 Å². The van der Waals surface area contributed by atoms with Crippen molar-refractivity contribution in [3.05, 3.63) is 34.9 Å². The highest BCUT2D eigenvalue weighted by Gasteiger charge is 2.32. The lowest BCUT2D eigenvalue weighted by Gasteiger charge is -2.33. The predicted molar refractivity (Wildman–Crippen MR) is 126 cm³/mol. The number of hydrogen-bond acceptors (Lipinski definition) is 6. The van der Waals surface area contributed by atoms with Gasteiger partial charge in [-0.2, -0.15) is 13.2 Å². The van der Waals surface area contributed by atoms with Gasteiger partial charge in [-0.15, -0.1) is 10.2 Å². The topological polar surface area (TPSA) is 87.2 Å². The van der Waals surface area contributed by atoms with Gasteiger partial charge in [0.25, 0.3) is 0 Å². The molecular weight excluding hydrogens is 467 g/mol. The van der Waals surface area contributed by atoms with Gasteiger partial charge < -0.3 is 10.2 Å². The fourth-order valence-electron chi connectivity index (χ4n) is 4.85. The molecule has 1 aromatic carbocycles. The summed E-state index contributed by atoms with van der Waals surface area (Å²) in [5.41, 5.74) is 1.59. The summed E-state index contributed by atoms with van der Waals surface area (Å²) in [4.78, 5) is 2.39. The zero-order chi connectivity index (χ0) is 24.5. The smallest absolute Gasteiger partial charge is 0.364 e. The average molecular weight is 498 g/mol. The molecule has 0 spiro atoms. The SMILES string of the molecule is CCN1CCC[C@@H](Nc2nnc(-c3ccc(C(F)(F)F)cc3NS(C)(=O)=O)c3c2CCCC3)C1. The molecule has 1 aliphatic carbocycles. The standard InChI is InChI=1S/C23H30F3N5O2S/c1-3-31-12-6-7-16(14-31)27-22-18-9-5-4-8-17(18)21(28-29-22)19-11-10-15(23(24,25)26)13-20(19)30-34(2,32)33/h10-11,13,16,30H,3-9,12,14H2,1-2H3,(H,27,29)/t16-/m1/s1. The van der Waals surface area contributed by atoms with Gasteiger partial charge in [0.2, 0.25) is 10.0 Å². The maximum absolute atomic E-state index is 13.3. The molecule has 2 aliphatic rings. The molecule has 1 aromatic heterocycles. The van der Waals surface area contributed by atoms with Gasteiger partial charge in [-0.1, -0.05) is 13.0 Å². The number of likely N-dealkylation sites (tertiary alicyclic amines) is 1. The lowest BCUT2D eigenvalue weighted by molar-refractivity contribution is -0.137. The van der Waals surface area contributed by atoms with Crippen molar-refractivity contribution in [2.45, 2.75) is 57.7 Å². The van der Waals surface area contributed by atoms with Crippen LogP contribution < -0.4 is 10.0 Å².